The third-order valence-electron chi connectivity index (χ3n) is 3.16. The van der Waals surface area contributed by atoms with E-state index in [0.29, 0.717) is 16.5 Å². The Kier molecular flexibility index (Phi) is 4.76. The minimum Gasteiger partial charge on any atom is -0.467 e. The van der Waals surface area contributed by atoms with Gasteiger partial charge < -0.3 is 14.8 Å². The summed E-state index contributed by atoms with van der Waals surface area (Å²) >= 11 is 7.23. The molecule has 1 aromatic carbocycles. The Morgan fingerprint density at radius 1 is 1.35 bits per heavy atom. The van der Waals surface area contributed by atoms with Gasteiger partial charge in [0.2, 0.25) is 0 Å². The summed E-state index contributed by atoms with van der Waals surface area (Å²) in [5, 5.41) is 15.6. The van der Waals surface area contributed by atoms with Crippen molar-refractivity contribution in [1.29, 1.82) is 0 Å². The predicted octanol–water partition coefficient (Wildman–Crippen LogP) is 3.52. The van der Waals surface area contributed by atoms with Crippen LogP contribution in [0.15, 0.2) is 52.5 Å². The third kappa shape index (κ3) is 3.79. The molecule has 0 saturated carbocycles. The Balaban J connectivity index is 1.63. The first-order chi connectivity index (χ1) is 11.1. The Bertz CT molecular complexity index is 784. The van der Waals surface area contributed by atoms with Gasteiger partial charge in [0.15, 0.2) is 0 Å². The molecule has 3 aromatic rings. The largest absolute Gasteiger partial charge is 0.467 e. The zero-order valence-electron chi connectivity index (χ0n) is 11.9. The summed E-state index contributed by atoms with van der Waals surface area (Å²) in [4.78, 5) is 16.4. The number of halogens is 1. The molecular formula is C16H13ClN2O3S. The summed E-state index contributed by atoms with van der Waals surface area (Å²) in [6.07, 6.45) is 0.586. The number of amides is 1. The fraction of sp³-hybridized carbons (Fsp3) is 0.125. The number of rotatable bonds is 5. The molecule has 2 heterocycles. The molecule has 23 heavy (non-hydrogen) atoms. The number of aromatic nitrogens is 1. The van der Waals surface area contributed by atoms with Crippen molar-refractivity contribution in [1.82, 2.24) is 10.3 Å². The van der Waals surface area contributed by atoms with E-state index in [1.807, 2.05) is 12.1 Å². The van der Waals surface area contributed by atoms with Crippen molar-refractivity contribution in [2.24, 2.45) is 0 Å². The molecule has 2 aromatic heterocycles. The van der Waals surface area contributed by atoms with Crippen LogP contribution in [0, 0.1) is 0 Å². The molecule has 1 atom stereocenters. The first-order valence-corrected chi connectivity index (χ1v) is 8.10. The molecule has 5 nitrogen and oxygen atoms in total. The van der Waals surface area contributed by atoms with Gasteiger partial charge in [0.05, 0.1) is 12.8 Å². The van der Waals surface area contributed by atoms with Crippen LogP contribution in [-0.2, 0) is 0 Å². The standard InChI is InChI=1S/C16H13ClN2O3S/c17-11-5-3-10(4-6-11)16-19-12(9-23-16)15(21)18-8-13(20)14-2-1-7-22-14/h1-7,9,13,20H,8H2,(H,18,21). The number of benzene rings is 1. The normalized spacial score (nSPS) is 12.1. The van der Waals surface area contributed by atoms with Crippen molar-refractivity contribution in [2.45, 2.75) is 6.10 Å². The van der Waals surface area contributed by atoms with Gasteiger partial charge in [-0.05, 0) is 24.3 Å². The molecule has 0 aliphatic rings. The lowest BCUT2D eigenvalue weighted by atomic mass is 10.2. The number of furan rings is 1. The molecule has 0 aliphatic heterocycles. The maximum absolute atomic E-state index is 12.1. The van der Waals surface area contributed by atoms with Crippen LogP contribution in [0.3, 0.4) is 0 Å². The first kappa shape index (κ1) is 15.7. The van der Waals surface area contributed by atoms with Gasteiger partial charge in [0.1, 0.15) is 22.6 Å². The van der Waals surface area contributed by atoms with Gasteiger partial charge in [-0.1, -0.05) is 23.7 Å². The molecule has 7 heteroatoms. The van der Waals surface area contributed by atoms with Crippen LogP contribution in [0.5, 0.6) is 0 Å². The number of nitrogens with one attached hydrogen (secondary N) is 1. The molecular weight excluding hydrogens is 336 g/mol. The Morgan fingerprint density at radius 2 is 2.13 bits per heavy atom. The summed E-state index contributed by atoms with van der Waals surface area (Å²) in [5.41, 5.74) is 1.21. The summed E-state index contributed by atoms with van der Waals surface area (Å²) in [6, 6.07) is 10.6. The molecule has 1 amide bonds. The molecule has 0 saturated heterocycles. The number of hydrogen-bond donors (Lipinski definition) is 2. The van der Waals surface area contributed by atoms with E-state index < -0.39 is 6.10 Å². The van der Waals surface area contributed by atoms with Crippen LogP contribution in [0.4, 0.5) is 0 Å². The molecule has 0 bridgehead atoms. The number of carbonyl (C=O) groups is 1. The molecule has 0 fully saturated rings. The Labute approximate surface area is 141 Å². The minimum absolute atomic E-state index is 0.0557. The van der Waals surface area contributed by atoms with E-state index in [0.717, 1.165) is 10.6 Å². The quantitative estimate of drug-likeness (QED) is 0.739. The fourth-order valence-electron chi connectivity index (χ4n) is 1.96. The van der Waals surface area contributed by atoms with Crippen molar-refractivity contribution >= 4 is 28.8 Å². The highest BCUT2D eigenvalue weighted by Crippen LogP contribution is 2.25. The van der Waals surface area contributed by atoms with E-state index >= 15 is 0 Å². The highest BCUT2D eigenvalue weighted by Gasteiger charge is 2.15. The molecule has 1 unspecified atom stereocenters. The number of aliphatic hydroxyl groups excluding tert-OH is 1. The third-order valence-corrected chi connectivity index (χ3v) is 4.30. The highest BCUT2D eigenvalue weighted by molar-refractivity contribution is 7.13. The lowest BCUT2D eigenvalue weighted by Gasteiger charge is -2.08. The zero-order valence-corrected chi connectivity index (χ0v) is 13.5. The van der Waals surface area contributed by atoms with Crippen LogP contribution in [0.2, 0.25) is 5.02 Å². The van der Waals surface area contributed by atoms with Crippen LogP contribution < -0.4 is 5.32 Å². The fourth-order valence-corrected chi connectivity index (χ4v) is 2.90. The number of nitrogens with zero attached hydrogens (tertiary/aromatic N) is 1. The smallest absolute Gasteiger partial charge is 0.270 e. The van der Waals surface area contributed by atoms with E-state index in [4.69, 9.17) is 16.0 Å². The second kappa shape index (κ2) is 6.95. The molecule has 0 spiro atoms. The number of carbonyl (C=O) groups excluding carboxylic acids is 1. The molecule has 0 radical (unpaired) electrons. The van der Waals surface area contributed by atoms with Crippen molar-refractivity contribution in [3.8, 4) is 10.6 Å². The monoisotopic (exact) mass is 348 g/mol. The first-order valence-electron chi connectivity index (χ1n) is 6.84. The predicted molar refractivity (Wildman–Crippen MR) is 88.6 cm³/mol. The molecule has 3 rings (SSSR count). The van der Waals surface area contributed by atoms with Crippen LogP contribution >= 0.6 is 22.9 Å². The average Bonchev–Trinajstić information content (AvgIpc) is 3.24. The van der Waals surface area contributed by atoms with Gasteiger partial charge in [-0.15, -0.1) is 11.3 Å². The maximum atomic E-state index is 12.1. The minimum atomic E-state index is -0.886. The topological polar surface area (TPSA) is 75.4 Å². The number of thiazole rings is 1. The molecule has 2 N–H and O–H groups in total. The van der Waals surface area contributed by atoms with E-state index in [1.165, 1.54) is 17.6 Å². The summed E-state index contributed by atoms with van der Waals surface area (Å²) in [7, 11) is 0. The van der Waals surface area contributed by atoms with Crippen LogP contribution in [-0.4, -0.2) is 22.5 Å². The molecule has 118 valence electrons. The summed E-state index contributed by atoms with van der Waals surface area (Å²) in [5.74, 6) is 0.0671. The van der Waals surface area contributed by atoms with E-state index in [-0.39, 0.29) is 12.5 Å². The average molecular weight is 349 g/mol. The summed E-state index contributed by atoms with van der Waals surface area (Å²) < 4.78 is 5.08. The lowest BCUT2D eigenvalue weighted by molar-refractivity contribution is 0.0897. The van der Waals surface area contributed by atoms with E-state index in [9.17, 15) is 9.90 Å². The van der Waals surface area contributed by atoms with Gasteiger partial charge in [0.25, 0.3) is 5.91 Å². The Morgan fingerprint density at radius 3 is 2.83 bits per heavy atom. The van der Waals surface area contributed by atoms with Gasteiger partial charge in [0, 0.05) is 16.0 Å². The van der Waals surface area contributed by atoms with Crippen LogP contribution in [0.25, 0.3) is 10.6 Å². The molecule has 0 aliphatic carbocycles. The summed E-state index contributed by atoms with van der Waals surface area (Å²) in [6.45, 7) is 0.0557. The van der Waals surface area contributed by atoms with Crippen molar-refractivity contribution in [2.75, 3.05) is 6.54 Å². The van der Waals surface area contributed by atoms with Crippen molar-refractivity contribution < 1.29 is 14.3 Å². The SMILES string of the molecule is O=C(NCC(O)c1ccco1)c1csc(-c2ccc(Cl)cc2)n1. The van der Waals surface area contributed by atoms with Crippen molar-refractivity contribution in [3.63, 3.8) is 0 Å². The lowest BCUT2D eigenvalue weighted by Crippen LogP contribution is -2.28. The second-order valence-corrected chi connectivity index (χ2v) is 6.08. The van der Waals surface area contributed by atoms with E-state index in [2.05, 4.69) is 10.3 Å². The van der Waals surface area contributed by atoms with Gasteiger partial charge in [-0.2, -0.15) is 0 Å². The Hall–Kier alpha value is -2.15. The van der Waals surface area contributed by atoms with Crippen LogP contribution in [0.1, 0.15) is 22.4 Å². The maximum Gasteiger partial charge on any atom is 0.270 e. The van der Waals surface area contributed by atoms with Crippen molar-refractivity contribution in [3.05, 3.63) is 64.5 Å². The number of hydrogen-bond acceptors (Lipinski definition) is 5. The zero-order chi connectivity index (χ0) is 16.2. The van der Waals surface area contributed by atoms with Gasteiger partial charge >= 0.3 is 0 Å². The van der Waals surface area contributed by atoms with E-state index in [1.54, 1.807) is 29.6 Å². The number of aliphatic hydroxyl groups is 1. The van der Waals surface area contributed by atoms with Gasteiger partial charge in [-0.25, -0.2) is 4.98 Å². The van der Waals surface area contributed by atoms with Gasteiger partial charge in [-0.3, -0.25) is 4.79 Å². The highest BCUT2D eigenvalue weighted by atomic mass is 35.5. The second-order valence-electron chi connectivity index (χ2n) is 4.79.